The summed E-state index contributed by atoms with van der Waals surface area (Å²) in [7, 11) is -3.88. The van der Waals surface area contributed by atoms with E-state index in [1.165, 1.54) is 11.0 Å². The van der Waals surface area contributed by atoms with Crippen LogP contribution in [0, 0.1) is 5.92 Å². The average Bonchev–Trinajstić information content (AvgIpc) is 4.05. The standard InChI is InChI=1S/C38H48N4O7S2/c1-2-28-23-38(28,35(45)41-51(48,49)30-20-21-30)40-33(43)32-24-37(29-18-16-27(17-19-29)26-13-9-8-10-14-26)25-42(32)34(44)31(39-36(46)47)15-11-6-4-3-5-7-12-22-50-37/h2,8-10,13-14,16-19,28,30-32,39H,1,3-7,11-12,15,20-25H2,(H,40,43)(H,41,45)(H,46,47)/t28-,31+,32+,37+,38-/m1/s1. The van der Waals surface area contributed by atoms with Gasteiger partial charge in [-0.05, 0) is 61.0 Å². The number of fused-ring (bicyclic) bond motifs is 2. The summed E-state index contributed by atoms with van der Waals surface area (Å²) in [5, 5.41) is 14.4. The highest BCUT2D eigenvalue weighted by atomic mass is 32.2. The van der Waals surface area contributed by atoms with Crippen molar-refractivity contribution in [2.24, 2.45) is 5.92 Å². The van der Waals surface area contributed by atoms with Crippen LogP contribution in [0.4, 0.5) is 4.79 Å². The molecule has 4 fully saturated rings. The Kier molecular flexibility index (Phi) is 11.2. The number of thioether (sulfide) groups is 1. The lowest BCUT2D eigenvalue weighted by Crippen LogP contribution is -2.58. The minimum Gasteiger partial charge on any atom is -0.465 e. The average molecular weight is 737 g/mol. The Hall–Kier alpha value is -3.84. The minimum atomic E-state index is -3.88. The molecule has 4 amide bonds. The molecule has 2 aromatic rings. The Bertz CT molecular complexity index is 1730. The Balaban J connectivity index is 1.35. The summed E-state index contributed by atoms with van der Waals surface area (Å²) in [4.78, 5) is 55.9. The molecular weight excluding hydrogens is 689 g/mol. The Labute approximate surface area is 304 Å². The van der Waals surface area contributed by atoms with Gasteiger partial charge in [0.25, 0.3) is 5.91 Å². The van der Waals surface area contributed by atoms with Crippen LogP contribution in [0.5, 0.6) is 0 Å². The molecule has 11 nitrogen and oxygen atoms in total. The van der Waals surface area contributed by atoms with Gasteiger partial charge in [-0.25, -0.2) is 13.2 Å². The molecule has 0 aromatic heterocycles. The first kappa shape index (κ1) is 36.9. The van der Waals surface area contributed by atoms with Crippen LogP contribution in [0.1, 0.15) is 82.6 Å². The van der Waals surface area contributed by atoms with Crippen molar-refractivity contribution in [3.63, 3.8) is 0 Å². The van der Waals surface area contributed by atoms with Crippen LogP contribution in [0.15, 0.2) is 67.3 Å². The largest absolute Gasteiger partial charge is 0.465 e. The van der Waals surface area contributed by atoms with Gasteiger partial charge < -0.3 is 20.6 Å². The lowest BCUT2D eigenvalue weighted by Gasteiger charge is -2.31. The Morgan fingerprint density at radius 2 is 1.53 bits per heavy atom. The topological polar surface area (TPSA) is 162 Å². The number of hydrogen-bond acceptors (Lipinski definition) is 7. The monoisotopic (exact) mass is 736 g/mol. The molecule has 2 bridgehead atoms. The highest BCUT2D eigenvalue weighted by Crippen LogP contribution is 2.50. The highest BCUT2D eigenvalue weighted by Gasteiger charge is 2.62. The third kappa shape index (κ3) is 8.30. The SMILES string of the molecule is C=C[C@@H]1C[C@]1(NC(=O)[C@@H]1C[C@@]2(c3ccc(-c4ccccc4)cc3)CN1C(=O)[C@@H](NC(=O)O)CCCCCCCCCS2)C(=O)NS(=O)(=O)C1CC1. The Morgan fingerprint density at radius 3 is 2.16 bits per heavy atom. The number of carbonyl (C=O) groups is 4. The van der Waals surface area contributed by atoms with Gasteiger partial charge in [0.05, 0.1) is 10.00 Å². The predicted molar refractivity (Wildman–Crippen MR) is 197 cm³/mol. The van der Waals surface area contributed by atoms with E-state index in [4.69, 9.17) is 0 Å². The third-order valence-corrected chi connectivity index (χ3v) is 14.2. The fourth-order valence-electron chi connectivity index (χ4n) is 7.56. The third-order valence-electron chi connectivity index (χ3n) is 10.8. The molecule has 0 unspecified atom stereocenters. The maximum Gasteiger partial charge on any atom is 0.405 e. The number of sulfonamides is 1. The van der Waals surface area contributed by atoms with E-state index in [-0.39, 0.29) is 19.4 Å². The number of nitrogens with one attached hydrogen (secondary N) is 3. The van der Waals surface area contributed by atoms with Gasteiger partial charge >= 0.3 is 6.09 Å². The van der Waals surface area contributed by atoms with Crippen LogP contribution in [0.25, 0.3) is 11.1 Å². The number of hydrogen-bond donors (Lipinski definition) is 4. The summed E-state index contributed by atoms with van der Waals surface area (Å²) in [6, 6.07) is 16.1. The zero-order chi connectivity index (χ0) is 36.2. The lowest BCUT2D eigenvalue weighted by molar-refractivity contribution is -0.141. The van der Waals surface area contributed by atoms with E-state index < -0.39 is 67.4 Å². The van der Waals surface area contributed by atoms with Crippen molar-refractivity contribution in [3.05, 3.63) is 72.8 Å². The fourth-order valence-corrected chi connectivity index (χ4v) is 10.5. The number of benzene rings is 2. The van der Waals surface area contributed by atoms with Crippen molar-refractivity contribution in [2.75, 3.05) is 12.3 Å². The molecule has 2 saturated heterocycles. The second-order valence-corrected chi connectivity index (χ2v) is 17.9. The molecule has 0 radical (unpaired) electrons. The van der Waals surface area contributed by atoms with Gasteiger partial charge in [0.15, 0.2) is 0 Å². The predicted octanol–water partition coefficient (Wildman–Crippen LogP) is 5.32. The van der Waals surface area contributed by atoms with Crippen LogP contribution >= 0.6 is 11.8 Å². The summed E-state index contributed by atoms with van der Waals surface area (Å²) in [6.45, 7) is 3.97. The van der Waals surface area contributed by atoms with Crippen LogP contribution in [0.2, 0.25) is 0 Å². The van der Waals surface area contributed by atoms with Crippen LogP contribution in [-0.4, -0.2) is 77.4 Å². The van der Waals surface area contributed by atoms with E-state index >= 15 is 0 Å². The van der Waals surface area contributed by atoms with Crippen molar-refractivity contribution in [3.8, 4) is 11.1 Å². The van der Waals surface area contributed by atoms with Gasteiger partial charge in [0.1, 0.15) is 17.6 Å². The minimum absolute atomic E-state index is 0.164. The zero-order valence-electron chi connectivity index (χ0n) is 28.8. The molecule has 4 aliphatic rings. The molecule has 0 spiro atoms. The lowest BCUT2D eigenvalue weighted by atomic mass is 9.93. The van der Waals surface area contributed by atoms with Gasteiger partial charge in [-0.1, -0.05) is 99.2 Å². The number of carboxylic acid groups (broad SMARTS) is 1. The van der Waals surface area contributed by atoms with Gasteiger partial charge in [-0.3, -0.25) is 19.1 Å². The smallest absolute Gasteiger partial charge is 0.405 e. The Morgan fingerprint density at radius 1 is 0.882 bits per heavy atom. The molecule has 2 aliphatic carbocycles. The summed E-state index contributed by atoms with van der Waals surface area (Å²) in [6.07, 6.45) is 8.62. The van der Waals surface area contributed by atoms with E-state index in [9.17, 15) is 32.7 Å². The second-order valence-electron chi connectivity index (χ2n) is 14.4. The maximum absolute atomic E-state index is 14.5. The van der Waals surface area contributed by atoms with E-state index in [2.05, 4.69) is 21.9 Å². The van der Waals surface area contributed by atoms with E-state index in [0.717, 1.165) is 61.0 Å². The fraction of sp³-hybridized carbons (Fsp3) is 0.526. The maximum atomic E-state index is 14.5. The van der Waals surface area contributed by atoms with Gasteiger partial charge in [0, 0.05) is 12.5 Å². The zero-order valence-corrected chi connectivity index (χ0v) is 30.5. The van der Waals surface area contributed by atoms with Crippen molar-refractivity contribution in [2.45, 2.75) is 105 Å². The van der Waals surface area contributed by atoms with Crippen molar-refractivity contribution in [1.29, 1.82) is 0 Å². The second kappa shape index (κ2) is 15.4. The first-order valence-electron chi connectivity index (χ1n) is 18.1. The summed E-state index contributed by atoms with van der Waals surface area (Å²) < 4.78 is 27.0. The van der Waals surface area contributed by atoms with Gasteiger partial charge in [0.2, 0.25) is 21.8 Å². The molecule has 2 heterocycles. The summed E-state index contributed by atoms with van der Waals surface area (Å²) in [5.41, 5.74) is 1.53. The molecule has 2 aromatic carbocycles. The van der Waals surface area contributed by atoms with E-state index in [1.807, 2.05) is 54.6 Å². The summed E-state index contributed by atoms with van der Waals surface area (Å²) >= 11 is 1.71. The molecule has 6 rings (SSSR count). The molecular formula is C38H48N4O7S2. The van der Waals surface area contributed by atoms with E-state index in [0.29, 0.717) is 25.7 Å². The van der Waals surface area contributed by atoms with Crippen molar-refractivity contribution >= 4 is 45.6 Å². The van der Waals surface area contributed by atoms with Crippen LogP contribution in [-0.2, 0) is 29.2 Å². The number of carbonyl (C=O) groups excluding carboxylic acids is 3. The van der Waals surface area contributed by atoms with Crippen LogP contribution < -0.4 is 15.4 Å². The molecule has 5 atom stereocenters. The molecule has 51 heavy (non-hydrogen) atoms. The van der Waals surface area contributed by atoms with Crippen LogP contribution in [0.3, 0.4) is 0 Å². The normalized spacial score (nSPS) is 28.8. The van der Waals surface area contributed by atoms with Crippen molar-refractivity contribution < 1.29 is 32.7 Å². The molecule has 4 N–H and O–H groups in total. The first-order valence-corrected chi connectivity index (χ1v) is 20.6. The summed E-state index contributed by atoms with van der Waals surface area (Å²) in [5.74, 6) is -1.55. The van der Waals surface area contributed by atoms with Crippen molar-refractivity contribution in [1.82, 2.24) is 20.3 Å². The quantitative estimate of drug-likeness (QED) is 0.252. The molecule has 13 heteroatoms. The molecule has 2 saturated carbocycles. The van der Waals surface area contributed by atoms with Gasteiger partial charge in [-0.15, -0.1) is 18.3 Å². The van der Waals surface area contributed by atoms with Gasteiger partial charge in [-0.2, -0.15) is 0 Å². The molecule has 274 valence electrons. The number of nitrogens with zero attached hydrogens (tertiary/aromatic N) is 1. The molecule has 2 aliphatic heterocycles. The van der Waals surface area contributed by atoms with E-state index in [1.54, 1.807) is 11.8 Å². The first-order chi connectivity index (χ1) is 24.5. The highest BCUT2D eigenvalue weighted by molar-refractivity contribution is 8.00. The number of amides is 4. The number of rotatable bonds is 9.